The van der Waals surface area contributed by atoms with Gasteiger partial charge in [-0.25, -0.2) is 0 Å². The Morgan fingerprint density at radius 1 is 1.18 bits per heavy atom. The van der Waals surface area contributed by atoms with Crippen molar-refractivity contribution in [3.63, 3.8) is 0 Å². The van der Waals surface area contributed by atoms with Crippen LogP contribution in [-0.2, 0) is 13.0 Å². The van der Waals surface area contributed by atoms with Gasteiger partial charge in [0.1, 0.15) is 0 Å². The van der Waals surface area contributed by atoms with Crippen molar-refractivity contribution in [2.24, 2.45) is 5.92 Å². The van der Waals surface area contributed by atoms with Gasteiger partial charge in [0.2, 0.25) is 0 Å². The highest BCUT2D eigenvalue weighted by Gasteiger charge is 2.15. The average Bonchev–Trinajstić information content (AvgIpc) is 2.53. The van der Waals surface area contributed by atoms with Crippen LogP contribution in [0, 0.1) is 12.8 Å². The van der Waals surface area contributed by atoms with Crippen LogP contribution >= 0.6 is 0 Å². The molecule has 0 saturated carbocycles. The molecular formula is C16H29N. The zero-order valence-electron chi connectivity index (χ0n) is 12.5. The highest BCUT2D eigenvalue weighted by Crippen LogP contribution is 2.27. The first-order valence-corrected chi connectivity index (χ1v) is 7.15. The molecule has 0 amide bonds. The second-order valence-electron chi connectivity index (χ2n) is 5.95. The molecule has 0 saturated heterocycles. The van der Waals surface area contributed by atoms with E-state index in [1.165, 1.54) is 31.5 Å². The number of hydrogen-bond donors (Lipinski definition) is 0. The fourth-order valence-electron chi connectivity index (χ4n) is 2.46. The molecule has 0 spiro atoms. The van der Waals surface area contributed by atoms with Gasteiger partial charge in [0, 0.05) is 18.4 Å². The summed E-state index contributed by atoms with van der Waals surface area (Å²) < 4.78 is 2.47. The number of hydrogen-bond acceptors (Lipinski definition) is 0. The first-order chi connectivity index (χ1) is 7.97. The molecule has 1 aromatic rings. The highest BCUT2D eigenvalue weighted by molar-refractivity contribution is 5.34. The van der Waals surface area contributed by atoms with Crippen LogP contribution < -0.4 is 0 Å². The molecule has 0 N–H and O–H groups in total. The van der Waals surface area contributed by atoms with Crippen LogP contribution in [0.15, 0.2) is 6.20 Å². The van der Waals surface area contributed by atoms with Gasteiger partial charge in [-0.05, 0) is 42.7 Å². The maximum Gasteiger partial charge on any atom is 0.0222 e. The molecule has 0 bridgehead atoms. The monoisotopic (exact) mass is 235 g/mol. The Labute approximate surface area is 107 Å². The summed E-state index contributed by atoms with van der Waals surface area (Å²) in [6, 6.07) is 0. The fraction of sp³-hybridized carbons (Fsp3) is 0.750. The van der Waals surface area contributed by atoms with Crippen molar-refractivity contribution in [1.29, 1.82) is 0 Å². The lowest BCUT2D eigenvalue weighted by Gasteiger charge is -2.11. The number of aryl methyl sites for hydroxylation is 1. The molecule has 0 aliphatic carbocycles. The standard InChI is InChI=1S/C16H29N/c1-7-8-9-17-11-16(13(4)5)15(14(17)6)10-12(2)3/h11-13H,7-10H2,1-6H3. The van der Waals surface area contributed by atoms with Gasteiger partial charge in [0.05, 0.1) is 0 Å². The molecule has 0 unspecified atom stereocenters. The molecule has 1 rings (SSSR count). The highest BCUT2D eigenvalue weighted by atomic mass is 15.0. The minimum atomic E-state index is 0.644. The Morgan fingerprint density at radius 2 is 1.82 bits per heavy atom. The third-order valence-corrected chi connectivity index (χ3v) is 3.50. The number of nitrogens with zero attached hydrogens (tertiary/aromatic N) is 1. The number of unbranched alkanes of at least 4 members (excludes halogenated alkanes) is 1. The van der Waals surface area contributed by atoms with Crippen molar-refractivity contribution in [3.05, 3.63) is 23.0 Å². The molecule has 0 aromatic carbocycles. The molecule has 98 valence electrons. The van der Waals surface area contributed by atoms with Crippen LogP contribution in [0.4, 0.5) is 0 Å². The quantitative estimate of drug-likeness (QED) is 0.659. The van der Waals surface area contributed by atoms with E-state index in [9.17, 15) is 0 Å². The van der Waals surface area contributed by atoms with Gasteiger partial charge < -0.3 is 4.57 Å². The first-order valence-electron chi connectivity index (χ1n) is 7.15. The van der Waals surface area contributed by atoms with Gasteiger partial charge in [-0.3, -0.25) is 0 Å². The molecular weight excluding hydrogens is 206 g/mol. The summed E-state index contributed by atoms with van der Waals surface area (Å²) in [4.78, 5) is 0. The van der Waals surface area contributed by atoms with Crippen molar-refractivity contribution >= 4 is 0 Å². The molecule has 1 aromatic heterocycles. The Morgan fingerprint density at radius 3 is 2.29 bits per heavy atom. The topological polar surface area (TPSA) is 4.93 Å². The van der Waals surface area contributed by atoms with Crippen LogP contribution in [0.3, 0.4) is 0 Å². The van der Waals surface area contributed by atoms with Gasteiger partial charge in [-0.2, -0.15) is 0 Å². The SMILES string of the molecule is CCCCn1cc(C(C)C)c(CC(C)C)c1C. The summed E-state index contributed by atoms with van der Waals surface area (Å²) in [5.41, 5.74) is 4.66. The van der Waals surface area contributed by atoms with E-state index in [-0.39, 0.29) is 0 Å². The Bertz CT molecular complexity index is 345. The van der Waals surface area contributed by atoms with E-state index in [4.69, 9.17) is 0 Å². The maximum atomic E-state index is 2.47. The molecule has 0 atom stereocenters. The zero-order chi connectivity index (χ0) is 13.0. The Kier molecular flexibility index (Phi) is 5.30. The zero-order valence-corrected chi connectivity index (χ0v) is 12.5. The van der Waals surface area contributed by atoms with Gasteiger partial charge >= 0.3 is 0 Å². The van der Waals surface area contributed by atoms with Crippen LogP contribution in [-0.4, -0.2) is 4.57 Å². The lowest BCUT2D eigenvalue weighted by atomic mass is 9.94. The van der Waals surface area contributed by atoms with E-state index >= 15 is 0 Å². The summed E-state index contributed by atoms with van der Waals surface area (Å²) in [5.74, 6) is 1.39. The summed E-state index contributed by atoms with van der Waals surface area (Å²) in [5, 5.41) is 0. The molecule has 0 aliphatic heterocycles. The molecule has 1 heterocycles. The van der Waals surface area contributed by atoms with Crippen molar-refractivity contribution in [2.75, 3.05) is 0 Å². The second-order valence-corrected chi connectivity index (χ2v) is 5.95. The predicted octanol–water partition coefficient (Wildman–Crippen LogP) is 4.92. The van der Waals surface area contributed by atoms with E-state index in [2.05, 4.69) is 52.3 Å². The minimum Gasteiger partial charge on any atom is -0.351 e. The smallest absolute Gasteiger partial charge is 0.0222 e. The van der Waals surface area contributed by atoms with E-state index in [0.717, 1.165) is 5.92 Å². The van der Waals surface area contributed by atoms with Crippen molar-refractivity contribution in [1.82, 2.24) is 4.57 Å². The summed E-state index contributed by atoms with van der Waals surface area (Å²) in [6.07, 6.45) is 6.17. The van der Waals surface area contributed by atoms with Crippen LogP contribution in [0.2, 0.25) is 0 Å². The fourth-order valence-corrected chi connectivity index (χ4v) is 2.46. The van der Waals surface area contributed by atoms with E-state index in [1.54, 1.807) is 11.1 Å². The van der Waals surface area contributed by atoms with E-state index in [1.807, 2.05) is 0 Å². The largest absolute Gasteiger partial charge is 0.351 e. The third kappa shape index (κ3) is 3.62. The molecule has 1 heteroatoms. The molecule has 0 radical (unpaired) electrons. The molecule has 0 aliphatic rings. The van der Waals surface area contributed by atoms with Gasteiger partial charge in [0.25, 0.3) is 0 Å². The maximum absolute atomic E-state index is 2.47. The lowest BCUT2D eigenvalue weighted by Crippen LogP contribution is -2.02. The summed E-state index contributed by atoms with van der Waals surface area (Å²) in [6.45, 7) is 15.0. The van der Waals surface area contributed by atoms with E-state index < -0.39 is 0 Å². The van der Waals surface area contributed by atoms with Gasteiger partial charge in [-0.1, -0.05) is 41.0 Å². The predicted molar refractivity (Wildman–Crippen MR) is 76.7 cm³/mol. The normalized spacial score (nSPS) is 11.8. The Balaban J connectivity index is 3.02. The first kappa shape index (κ1) is 14.3. The lowest BCUT2D eigenvalue weighted by molar-refractivity contribution is 0.609. The molecule has 17 heavy (non-hydrogen) atoms. The van der Waals surface area contributed by atoms with Gasteiger partial charge in [0.15, 0.2) is 0 Å². The van der Waals surface area contributed by atoms with Crippen LogP contribution in [0.25, 0.3) is 0 Å². The Hall–Kier alpha value is -0.720. The van der Waals surface area contributed by atoms with Crippen molar-refractivity contribution < 1.29 is 0 Å². The van der Waals surface area contributed by atoms with Crippen molar-refractivity contribution in [3.8, 4) is 0 Å². The molecule has 1 nitrogen and oxygen atoms in total. The van der Waals surface area contributed by atoms with Crippen molar-refractivity contribution in [2.45, 2.75) is 73.3 Å². The molecule has 0 fully saturated rings. The number of aromatic nitrogens is 1. The minimum absolute atomic E-state index is 0.644. The second kappa shape index (κ2) is 6.28. The summed E-state index contributed by atoms with van der Waals surface area (Å²) >= 11 is 0. The van der Waals surface area contributed by atoms with Gasteiger partial charge in [-0.15, -0.1) is 0 Å². The van der Waals surface area contributed by atoms with E-state index in [0.29, 0.717) is 5.92 Å². The number of rotatable bonds is 6. The van der Waals surface area contributed by atoms with Crippen LogP contribution in [0.1, 0.15) is 70.2 Å². The third-order valence-electron chi connectivity index (χ3n) is 3.50. The summed E-state index contributed by atoms with van der Waals surface area (Å²) in [7, 11) is 0. The van der Waals surface area contributed by atoms with Crippen LogP contribution in [0.5, 0.6) is 0 Å². The average molecular weight is 235 g/mol.